The normalized spacial score (nSPS) is 18.1. The molecule has 1 atom stereocenters. The summed E-state index contributed by atoms with van der Waals surface area (Å²) in [6, 6.07) is 12.9. The minimum Gasteiger partial charge on any atom is -0.489 e. The molecule has 3 aromatic heterocycles. The van der Waals surface area contributed by atoms with Crippen molar-refractivity contribution in [1.82, 2.24) is 15.0 Å². The second-order valence-corrected chi connectivity index (χ2v) is 7.90. The lowest BCUT2D eigenvalue weighted by Crippen LogP contribution is -2.51. The molecule has 0 saturated carbocycles. The molecule has 1 unspecified atom stereocenters. The van der Waals surface area contributed by atoms with Crippen molar-refractivity contribution >= 4 is 28.9 Å². The Labute approximate surface area is 180 Å². The number of pyridine rings is 2. The van der Waals surface area contributed by atoms with Gasteiger partial charge in [0, 0.05) is 47.8 Å². The molecule has 2 aliphatic rings. The molecule has 6 heteroatoms. The maximum atomic E-state index is 6.07. The van der Waals surface area contributed by atoms with Gasteiger partial charge in [0.15, 0.2) is 0 Å². The van der Waals surface area contributed by atoms with Gasteiger partial charge in [-0.1, -0.05) is 24.3 Å². The van der Waals surface area contributed by atoms with Crippen LogP contribution in [0.5, 0.6) is 5.75 Å². The van der Waals surface area contributed by atoms with Gasteiger partial charge in [0.1, 0.15) is 18.0 Å². The van der Waals surface area contributed by atoms with E-state index in [1.54, 1.807) is 6.20 Å². The van der Waals surface area contributed by atoms with Crippen molar-refractivity contribution in [2.24, 2.45) is 0 Å². The van der Waals surface area contributed by atoms with Crippen LogP contribution in [0.1, 0.15) is 11.1 Å². The van der Waals surface area contributed by atoms with E-state index in [-0.39, 0.29) is 0 Å². The predicted molar refractivity (Wildman–Crippen MR) is 122 cm³/mol. The second-order valence-electron chi connectivity index (χ2n) is 7.90. The lowest BCUT2D eigenvalue weighted by Gasteiger charge is -2.41. The first-order valence-electron chi connectivity index (χ1n) is 10.5. The zero-order valence-electron chi connectivity index (χ0n) is 17.0. The summed E-state index contributed by atoms with van der Waals surface area (Å²) >= 11 is 0. The minimum absolute atomic E-state index is 0.305. The molecule has 4 aromatic rings. The number of morpholine rings is 1. The van der Waals surface area contributed by atoms with Crippen molar-refractivity contribution in [3.05, 3.63) is 72.3 Å². The highest BCUT2D eigenvalue weighted by Gasteiger charge is 2.30. The summed E-state index contributed by atoms with van der Waals surface area (Å²) < 4.78 is 11.7. The summed E-state index contributed by atoms with van der Waals surface area (Å²) in [5.41, 5.74) is 6.36. The Kier molecular flexibility index (Phi) is 4.43. The molecular formula is C25H22N4O2. The number of H-pyrrole nitrogens is 1. The van der Waals surface area contributed by atoms with E-state index in [4.69, 9.17) is 9.47 Å². The van der Waals surface area contributed by atoms with Crippen LogP contribution in [0.25, 0.3) is 34.3 Å². The van der Waals surface area contributed by atoms with E-state index in [0.29, 0.717) is 12.6 Å². The number of aromatic amines is 1. The molecule has 1 fully saturated rings. The lowest BCUT2D eigenvalue weighted by atomic mass is 10.0. The van der Waals surface area contributed by atoms with Gasteiger partial charge in [-0.3, -0.25) is 4.98 Å². The summed E-state index contributed by atoms with van der Waals surface area (Å²) in [5.74, 6) is 0.932. The van der Waals surface area contributed by atoms with Crippen molar-refractivity contribution in [2.75, 3.05) is 31.3 Å². The zero-order chi connectivity index (χ0) is 20.6. The van der Waals surface area contributed by atoms with Crippen LogP contribution in [0.15, 0.2) is 61.2 Å². The number of fused-ring (bicyclic) bond motifs is 4. The average Bonchev–Trinajstić information content (AvgIpc) is 3.25. The molecule has 6 nitrogen and oxygen atoms in total. The standard InChI is InChI=1S/C25H22N4O2/c1-2-17(12-26-7-1)3-4-19-13-27-25-22(19)10-20(14-28-25)18-5-6-23-24(11-18)31-16-21-15-30-9-8-29(21)23/h1-7,10-14,21H,8-9,15-16H2,(H,27,28)/b4-3-. The molecule has 0 spiro atoms. The Morgan fingerprint density at radius 1 is 1.06 bits per heavy atom. The van der Waals surface area contributed by atoms with Gasteiger partial charge in [-0.15, -0.1) is 0 Å². The van der Waals surface area contributed by atoms with Crippen LogP contribution < -0.4 is 9.64 Å². The number of hydrogen-bond donors (Lipinski definition) is 1. The first-order chi connectivity index (χ1) is 15.3. The van der Waals surface area contributed by atoms with E-state index in [1.807, 2.05) is 30.7 Å². The zero-order valence-corrected chi connectivity index (χ0v) is 17.0. The molecule has 1 aromatic carbocycles. The van der Waals surface area contributed by atoms with E-state index >= 15 is 0 Å². The van der Waals surface area contributed by atoms with Crippen molar-refractivity contribution in [3.8, 4) is 16.9 Å². The SMILES string of the molecule is C(=C/c1c[nH]c2ncc(-c3ccc4c(c3)OCC3COCCN43)cc12)/c1cccnc1. The van der Waals surface area contributed by atoms with Gasteiger partial charge >= 0.3 is 0 Å². The molecule has 5 heterocycles. The maximum absolute atomic E-state index is 6.07. The van der Waals surface area contributed by atoms with Crippen LogP contribution in [0.2, 0.25) is 0 Å². The minimum atomic E-state index is 0.305. The van der Waals surface area contributed by atoms with Crippen molar-refractivity contribution in [1.29, 1.82) is 0 Å². The number of anilines is 1. The fourth-order valence-corrected chi connectivity index (χ4v) is 4.32. The monoisotopic (exact) mass is 410 g/mol. The van der Waals surface area contributed by atoms with E-state index in [0.717, 1.165) is 64.5 Å². The van der Waals surface area contributed by atoms with Crippen molar-refractivity contribution in [2.45, 2.75) is 6.04 Å². The molecule has 1 saturated heterocycles. The van der Waals surface area contributed by atoms with Crippen LogP contribution in [-0.4, -0.2) is 47.4 Å². The maximum Gasteiger partial charge on any atom is 0.143 e. The summed E-state index contributed by atoms with van der Waals surface area (Å²) in [7, 11) is 0. The van der Waals surface area contributed by atoms with Crippen molar-refractivity contribution < 1.29 is 9.47 Å². The van der Waals surface area contributed by atoms with Crippen LogP contribution in [0.4, 0.5) is 5.69 Å². The smallest absolute Gasteiger partial charge is 0.143 e. The molecule has 0 amide bonds. The van der Waals surface area contributed by atoms with Crippen LogP contribution in [0.3, 0.4) is 0 Å². The fraction of sp³-hybridized carbons (Fsp3) is 0.200. The first kappa shape index (κ1) is 18.2. The van der Waals surface area contributed by atoms with Gasteiger partial charge < -0.3 is 19.4 Å². The third kappa shape index (κ3) is 3.35. The molecular weight excluding hydrogens is 388 g/mol. The van der Waals surface area contributed by atoms with E-state index < -0.39 is 0 Å². The topological polar surface area (TPSA) is 63.3 Å². The Morgan fingerprint density at radius 2 is 2.06 bits per heavy atom. The number of nitrogens with zero attached hydrogens (tertiary/aromatic N) is 3. The van der Waals surface area contributed by atoms with E-state index in [1.165, 1.54) is 0 Å². The highest BCUT2D eigenvalue weighted by Crippen LogP contribution is 2.38. The quantitative estimate of drug-likeness (QED) is 0.543. The average molecular weight is 410 g/mol. The summed E-state index contributed by atoms with van der Waals surface area (Å²) in [4.78, 5) is 14.5. The summed E-state index contributed by atoms with van der Waals surface area (Å²) in [5, 5.41) is 1.09. The number of ether oxygens (including phenoxy) is 2. The number of nitrogens with one attached hydrogen (secondary N) is 1. The largest absolute Gasteiger partial charge is 0.489 e. The molecule has 0 radical (unpaired) electrons. The third-order valence-electron chi connectivity index (χ3n) is 5.96. The van der Waals surface area contributed by atoms with Crippen LogP contribution in [-0.2, 0) is 4.74 Å². The van der Waals surface area contributed by atoms with Gasteiger partial charge in [0.05, 0.1) is 24.9 Å². The van der Waals surface area contributed by atoms with E-state index in [9.17, 15) is 0 Å². The molecule has 2 aliphatic heterocycles. The Hall–Kier alpha value is -3.64. The van der Waals surface area contributed by atoms with Crippen LogP contribution >= 0.6 is 0 Å². The molecule has 6 rings (SSSR count). The van der Waals surface area contributed by atoms with Gasteiger partial charge in [0.2, 0.25) is 0 Å². The summed E-state index contributed by atoms with van der Waals surface area (Å²) in [6.07, 6.45) is 11.7. The second kappa shape index (κ2) is 7.56. The predicted octanol–water partition coefficient (Wildman–Crippen LogP) is 4.39. The van der Waals surface area contributed by atoms with Gasteiger partial charge in [-0.05, 0) is 35.4 Å². The fourth-order valence-electron chi connectivity index (χ4n) is 4.32. The molecule has 1 N–H and O–H groups in total. The number of rotatable bonds is 3. The van der Waals surface area contributed by atoms with E-state index in [2.05, 4.69) is 56.3 Å². The first-order valence-corrected chi connectivity index (χ1v) is 10.5. The molecule has 31 heavy (non-hydrogen) atoms. The number of aromatic nitrogens is 3. The Bertz CT molecular complexity index is 1270. The Morgan fingerprint density at radius 3 is 3.00 bits per heavy atom. The molecule has 0 aliphatic carbocycles. The highest BCUT2D eigenvalue weighted by atomic mass is 16.5. The third-order valence-corrected chi connectivity index (χ3v) is 5.96. The number of benzene rings is 1. The lowest BCUT2D eigenvalue weighted by molar-refractivity contribution is 0.0705. The summed E-state index contributed by atoms with van der Waals surface area (Å²) in [6.45, 7) is 3.06. The van der Waals surface area contributed by atoms with Crippen molar-refractivity contribution in [3.63, 3.8) is 0 Å². The van der Waals surface area contributed by atoms with Gasteiger partial charge in [0.25, 0.3) is 0 Å². The van der Waals surface area contributed by atoms with Gasteiger partial charge in [-0.2, -0.15) is 0 Å². The van der Waals surface area contributed by atoms with Gasteiger partial charge in [-0.25, -0.2) is 4.98 Å². The number of hydrogen-bond acceptors (Lipinski definition) is 5. The highest BCUT2D eigenvalue weighted by molar-refractivity contribution is 5.92. The Balaban J connectivity index is 1.34. The molecule has 0 bridgehead atoms. The molecule has 154 valence electrons. The van der Waals surface area contributed by atoms with Crippen LogP contribution in [0, 0.1) is 0 Å².